The Hall–Kier alpha value is -2.60. The zero-order valence-corrected chi connectivity index (χ0v) is 17.7. The van der Waals surface area contributed by atoms with Crippen LogP contribution >= 0.6 is 34.5 Å². The molecule has 0 atom stereocenters. The summed E-state index contributed by atoms with van der Waals surface area (Å²) < 4.78 is 5.54. The Balaban J connectivity index is 1.52. The van der Waals surface area contributed by atoms with Crippen LogP contribution in [0.15, 0.2) is 60.4 Å². The van der Waals surface area contributed by atoms with Crippen LogP contribution in [0.2, 0.25) is 10.0 Å². The molecular weight excluding hydrogens is 427 g/mol. The second-order valence-electron chi connectivity index (χ2n) is 6.49. The number of nitrogens with one attached hydrogen (secondary N) is 1. The monoisotopic (exact) mass is 442 g/mol. The molecule has 0 saturated carbocycles. The van der Waals surface area contributed by atoms with E-state index in [1.165, 1.54) is 17.6 Å². The lowest BCUT2D eigenvalue weighted by molar-refractivity contribution is -0.112. The number of nitrogens with zero attached hydrogens (tertiary/aromatic N) is 1. The number of aromatic nitrogens is 1. The number of fused-ring (bicyclic) bond motifs is 1. The minimum absolute atomic E-state index is 0.260. The normalized spacial score (nSPS) is 12.6. The summed E-state index contributed by atoms with van der Waals surface area (Å²) in [5.74, 6) is 0.383. The number of thiazole rings is 1. The van der Waals surface area contributed by atoms with Crippen molar-refractivity contribution in [1.82, 2.24) is 4.98 Å². The number of rotatable bonds is 4. The second kappa shape index (κ2) is 8.41. The highest BCUT2D eigenvalue weighted by Crippen LogP contribution is 2.29. The summed E-state index contributed by atoms with van der Waals surface area (Å²) in [5.41, 5.74) is 3.23. The van der Waals surface area contributed by atoms with E-state index in [-0.39, 0.29) is 5.91 Å². The maximum Gasteiger partial charge on any atom is 0.257 e. The minimum Gasteiger partial charge on any atom is -0.464 e. The third-order valence-electron chi connectivity index (χ3n) is 4.38. The van der Waals surface area contributed by atoms with E-state index in [1.807, 2.05) is 31.2 Å². The molecule has 0 radical (unpaired) electrons. The van der Waals surface area contributed by atoms with Gasteiger partial charge >= 0.3 is 0 Å². The average Bonchev–Trinajstić information content (AvgIpc) is 2.89. The van der Waals surface area contributed by atoms with Crippen molar-refractivity contribution in [2.75, 3.05) is 5.32 Å². The van der Waals surface area contributed by atoms with Gasteiger partial charge in [0.1, 0.15) is 5.75 Å². The van der Waals surface area contributed by atoms with Crippen molar-refractivity contribution in [1.29, 1.82) is 0 Å². The van der Waals surface area contributed by atoms with Gasteiger partial charge in [0.15, 0.2) is 5.13 Å². The summed E-state index contributed by atoms with van der Waals surface area (Å²) in [7, 11) is 0. The topological polar surface area (TPSA) is 51.2 Å². The van der Waals surface area contributed by atoms with Crippen molar-refractivity contribution in [2.24, 2.45) is 0 Å². The van der Waals surface area contributed by atoms with Gasteiger partial charge < -0.3 is 4.74 Å². The molecule has 1 aliphatic heterocycles. The number of carbonyl (C=O) groups is 1. The van der Waals surface area contributed by atoms with Crippen LogP contribution in [0.25, 0.3) is 6.08 Å². The predicted molar refractivity (Wildman–Crippen MR) is 119 cm³/mol. The van der Waals surface area contributed by atoms with Crippen LogP contribution in [0.5, 0.6) is 5.75 Å². The van der Waals surface area contributed by atoms with Crippen LogP contribution in [0.1, 0.15) is 21.7 Å². The molecule has 4 nitrogen and oxygen atoms in total. The highest BCUT2D eigenvalue weighted by molar-refractivity contribution is 7.15. The van der Waals surface area contributed by atoms with Crippen LogP contribution in [0, 0.1) is 6.92 Å². The number of halogens is 2. The highest BCUT2D eigenvalue weighted by atomic mass is 35.5. The summed E-state index contributed by atoms with van der Waals surface area (Å²) in [4.78, 5) is 18.4. The highest BCUT2D eigenvalue weighted by Gasteiger charge is 2.15. The Morgan fingerprint density at radius 3 is 2.69 bits per heavy atom. The molecule has 2 heterocycles. The molecule has 0 unspecified atom stereocenters. The molecule has 7 heteroatoms. The molecule has 0 aliphatic carbocycles. The summed E-state index contributed by atoms with van der Waals surface area (Å²) >= 11 is 13.5. The van der Waals surface area contributed by atoms with Gasteiger partial charge in [-0.25, -0.2) is 4.98 Å². The predicted octanol–water partition coefficient (Wildman–Crippen LogP) is 6.28. The smallest absolute Gasteiger partial charge is 0.257 e. The summed E-state index contributed by atoms with van der Waals surface area (Å²) in [6.07, 6.45) is 5.59. The number of aryl methyl sites for hydroxylation is 1. The first-order valence-corrected chi connectivity index (χ1v) is 10.4. The van der Waals surface area contributed by atoms with Gasteiger partial charge in [0.2, 0.25) is 0 Å². The van der Waals surface area contributed by atoms with Crippen molar-refractivity contribution in [3.05, 3.63) is 92.1 Å². The molecule has 1 N–H and O–H groups in total. The molecule has 3 aromatic rings. The summed E-state index contributed by atoms with van der Waals surface area (Å²) in [6.45, 7) is 1.94. The van der Waals surface area contributed by atoms with Crippen molar-refractivity contribution >= 4 is 51.7 Å². The van der Waals surface area contributed by atoms with Gasteiger partial charge in [-0.15, -0.1) is 11.3 Å². The van der Waals surface area contributed by atoms with Crippen LogP contribution in [0.4, 0.5) is 5.13 Å². The third-order valence-corrected chi connectivity index (χ3v) is 5.94. The average molecular weight is 443 g/mol. The van der Waals surface area contributed by atoms with E-state index in [4.69, 9.17) is 27.9 Å². The molecule has 1 aromatic heterocycles. The van der Waals surface area contributed by atoms with E-state index in [0.717, 1.165) is 28.1 Å². The number of carbonyl (C=O) groups excluding carboxylic acids is 1. The number of anilines is 1. The molecule has 1 aliphatic rings. The van der Waals surface area contributed by atoms with E-state index in [2.05, 4.69) is 10.3 Å². The number of hydrogen-bond acceptors (Lipinski definition) is 4. The maximum atomic E-state index is 12.8. The van der Waals surface area contributed by atoms with Gasteiger partial charge in [-0.1, -0.05) is 35.3 Å². The molecule has 1 amide bonds. The van der Waals surface area contributed by atoms with Crippen molar-refractivity contribution in [3.63, 3.8) is 0 Å². The van der Waals surface area contributed by atoms with Crippen LogP contribution in [-0.2, 0) is 11.2 Å². The number of ether oxygens (including phenoxy) is 1. The van der Waals surface area contributed by atoms with Gasteiger partial charge in [-0.2, -0.15) is 0 Å². The first-order valence-electron chi connectivity index (χ1n) is 8.84. The standard InChI is InChI=1S/C22H16Cl2N2O2S/c1-13-20(10-14-2-4-17(23)5-3-14)29-22(25-13)26-21(27)15-8-9-28-19-7-6-18(24)12-16(19)11-15/h2-9,11-12H,10H2,1H3,(H,25,26,27). The summed E-state index contributed by atoms with van der Waals surface area (Å²) in [6, 6.07) is 13.0. The zero-order chi connectivity index (χ0) is 20.4. The quantitative estimate of drug-likeness (QED) is 0.517. The Bertz CT molecular complexity index is 1130. The van der Waals surface area contributed by atoms with Gasteiger partial charge in [0.05, 0.1) is 12.0 Å². The molecule has 2 aromatic carbocycles. The Morgan fingerprint density at radius 1 is 1.14 bits per heavy atom. The van der Waals surface area contributed by atoms with E-state index in [1.54, 1.807) is 30.4 Å². The second-order valence-corrected chi connectivity index (χ2v) is 8.44. The lowest BCUT2D eigenvalue weighted by atomic mass is 10.1. The number of amides is 1. The van der Waals surface area contributed by atoms with Crippen LogP contribution < -0.4 is 10.1 Å². The maximum absolute atomic E-state index is 12.8. The molecule has 146 valence electrons. The van der Waals surface area contributed by atoms with E-state index in [9.17, 15) is 4.79 Å². The van der Waals surface area contributed by atoms with Crippen molar-refractivity contribution in [2.45, 2.75) is 13.3 Å². The first-order chi connectivity index (χ1) is 14.0. The van der Waals surface area contributed by atoms with E-state index in [0.29, 0.717) is 26.5 Å². The Kier molecular flexibility index (Phi) is 5.72. The molecular formula is C22H16Cl2N2O2S. The van der Waals surface area contributed by atoms with Crippen molar-refractivity contribution < 1.29 is 9.53 Å². The first kappa shape index (κ1) is 19.7. The number of hydrogen-bond donors (Lipinski definition) is 1. The zero-order valence-electron chi connectivity index (χ0n) is 15.4. The van der Waals surface area contributed by atoms with Crippen molar-refractivity contribution in [3.8, 4) is 5.75 Å². The van der Waals surface area contributed by atoms with Gasteiger partial charge in [-0.05, 0) is 55.0 Å². The molecule has 0 bridgehead atoms. The molecule has 29 heavy (non-hydrogen) atoms. The molecule has 4 rings (SSSR count). The van der Waals surface area contributed by atoms with Crippen LogP contribution in [0.3, 0.4) is 0 Å². The molecule has 0 fully saturated rings. The molecule has 0 spiro atoms. The summed E-state index contributed by atoms with van der Waals surface area (Å²) in [5, 5.41) is 4.72. The third kappa shape index (κ3) is 4.70. The van der Waals surface area contributed by atoms with Crippen LogP contribution in [-0.4, -0.2) is 10.9 Å². The lowest BCUT2D eigenvalue weighted by Crippen LogP contribution is -2.12. The van der Waals surface area contributed by atoms with Gasteiger partial charge in [0, 0.05) is 32.5 Å². The molecule has 0 saturated heterocycles. The largest absolute Gasteiger partial charge is 0.464 e. The van der Waals surface area contributed by atoms with Gasteiger partial charge in [0.25, 0.3) is 5.91 Å². The SMILES string of the molecule is Cc1nc(NC(=O)C2=Cc3cc(Cl)ccc3OC=C2)sc1Cc1ccc(Cl)cc1. The van der Waals surface area contributed by atoms with Gasteiger partial charge in [-0.3, -0.25) is 10.1 Å². The fourth-order valence-corrected chi connectivity index (χ4v) is 4.18. The number of benzene rings is 2. The lowest BCUT2D eigenvalue weighted by Gasteiger charge is -2.04. The van der Waals surface area contributed by atoms with E-state index < -0.39 is 0 Å². The minimum atomic E-state index is -0.260. The fraction of sp³-hybridized carbons (Fsp3) is 0.0909. The van der Waals surface area contributed by atoms with E-state index >= 15 is 0 Å². The Labute approximate surface area is 182 Å². The fourth-order valence-electron chi connectivity index (χ4n) is 2.88. The Morgan fingerprint density at radius 2 is 1.90 bits per heavy atom.